The number of carbonyl (C=O) groups excluding carboxylic acids is 1. The van der Waals surface area contributed by atoms with Gasteiger partial charge in [0, 0.05) is 30.6 Å². The van der Waals surface area contributed by atoms with Gasteiger partial charge in [-0.25, -0.2) is 9.37 Å². The highest BCUT2D eigenvalue weighted by Crippen LogP contribution is 2.27. The van der Waals surface area contributed by atoms with E-state index in [1.165, 1.54) is 19.2 Å². The van der Waals surface area contributed by atoms with E-state index in [0.29, 0.717) is 19.5 Å². The maximum Gasteiger partial charge on any atom is 0.323 e. The molecule has 1 aliphatic heterocycles. The van der Waals surface area contributed by atoms with Crippen LogP contribution in [0, 0.1) is 5.82 Å². The predicted molar refractivity (Wildman–Crippen MR) is 91.3 cm³/mol. The van der Waals surface area contributed by atoms with Gasteiger partial charge in [-0.15, -0.1) is 0 Å². The molecule has 3 heterocycles. The molecular formula is C18H18FN5O2. The van der Waals surface area contributed by atoms with Gasteiger partial charge in [0.1, 0.15) is 11.9 Å². The first-order valence-corrected chi connectivity index (χ1v) is 8.27. The van der Waals surface area contributed by atoms with Gasteiger partial charge < -0.3 is 9.72 Å². The van der Waals surface area contributed by atoms with Crippen LogP contribution in [0.2, 0.25) is 0 Å². The zero-order chi connectivity index (χ0) is 18.1. The van der Waals surface area contributed by atoms with Gasteiger partial charge in [-0.3, -0.25) is 14.8 Å². The number of aromatic amines is 2. The first-order chi connectivity index (χ1) is 12.7. The van der Waals surface area contributed by atoms with Crippen LogP contribution >= 0.6 is 0 Å². The smallest absolute Gasteiger partial charge is 0.323 e. The van der Waals surface area contributed by atoms with Crippen LogP contribution in [-0.4, -0.2) is 44.2 Å². The fraction of sp³-hybridized carbons (Fsp3) is 0.278. The van der Waals surface area contributed by atoms with Crippen molar-refractivity contribution in [3.8, 4) is 11.3 Å². The number of hydrogen-bond acceptors (Lipinski definition) is 5. The zero-order valence-electron chi connectivity index (χ0n) is 14.2. The summed E-state index contributed by atoms with van der Waals surface area (Å²) in [5.74, 6) is -0.575. The predicted octanol–water partition coefficient (Wildman–Crippen LogP) is 2.04. The Labute approximate surface area is 149 Å². The van der Waals surface area contributed by atoms with E-state index in [9.17, 15) is 9.18 Å². The van der Waals surface area contributed by atoms with Gasteiger partial charge in [0.25, 0.3) is 0 Å². The molecular weight excluding hydrogens is 337 g/mol. The summed E-state index contributed by atoms with van der Waals surface area (Å²) in [4.78, 5) is 21.7. The summed E-state index contributed by atoms with van der Waals surface area (Å²) >= 11 is 0. The largest absolute Gasteiger partial charge is 0.468 e. The Kier molecular flexibility index (Phi) is 4.26. The monoisotopic (exact) mass is 355 g/mol. The molecule has 1 aromatic carbocycles. The lowest BCUT2D eigenvalue weighted by Gasteiger charge is -2.32. The Balaban J connectivity index is 1.63. The van der Waals surface area contributed by atoms with Crippen LogP contribution in [0.5, 0.6) is 0 Å². The molecule has 26 heavy (non-hydrogen) atoms. The number of nitrogens with one attached hydrogen (secondary N) is 2. The molecule has 0 saturated heterocycles. The minimum Gasteiger partial charge on any atom is -0.468 e. The van der Waals surface area contributed by atoms with Crippen molar-refractivity contribution in [2.45, 2.75) is 25.6 Å². The number of nitrogens with zero attached hydrogens (tertiary/aromatic N) is 3. The van der Waals surface area contributed by atoms with Crippen LogP contribution in [0.3, 0.4) is 0 Å². The van der Waals surface area contributed by atoms with Gasteiger partial charge in [0.05, 0.1) is 36.7 Å². The number of carbonyl (C=O) groups is 1. The molecule has 2 aromatic heterocycles. The topological polar surface area (TPSA) is 86.9 Å². The third-order valence-electron chi connectivity index (χ3n) is 4.69. The van der Waals surface area contributed by atoms with Crippen molar-refractivity contribution in [1.82, 2.24) is 25.1 Å². The van der Waals surface area contributed by atoms with Crippen LogP contribution in [0.15, 0.2) is 36.8 Å². The molecule has 3 aromatic rings. The Bertz CT molecular complexity index is 918. The van der Waals surface area contributed by atoms with Crippen molar-refractivity contribution >= 4 is 5.97 Å². The second-order valence-electron chi connectivity index (χ2n) is 6.25. The van der Waals surface area contributed by atoms with Gasteiger partial charge in [-0.1, -0.05) is 0 Å². The maximum absolute atomic E-state index is 13.2. The van der Waals surface area contributed by atoms with E-state index < -0.39 is 6.04 Å². The molecule has 0 radical (unpaired) electrons. The molecule has 0 spiro atoms. The molecule has 134 valence electrons. The number of methoxy groups -OCH3 is 1. The number of fused-ring (bicyclic) bond motifs is 1. The van der Waals surface area contributed by atoms with E-state index in [4.69, 9.17) is 4.74 Å². The Morgan fingerprint density at radius 1 is 1.38 bits per heavy atom. The highest BCUT2D eigenvalue weighted by molar-refractivity contribution is 5.76. The van der Waals surface area contributed by atoms with E-state index in [2.05, 4.69) is 20.2 Å². The number of esters is 1. The summed E-state index contributed by atoms with van der Waals surface area (Å²) in [5, 5.41) is 7.10. The number of halogens is 1. The highest BCUT2D eigenvalue weighted by Gasteiger charge is 2.34. The van der Waals surface area contributed by atoms with Gasteiger partial charge in [-0.05, 0) is 24.3 Å². The Hall–Kier alpha value is -3.00. The highest BCUT2D eigenvalue weighted by atomic mass is 19.1. The van der Waals surface area contributed by atoms with Crippen LogP contribution in [0.1, 0.15) is 17.0 Å². The lowest BCUT2D eigenvalue weighted by atomic mass is 10.0. The average Bonchev–Trinajstić information content (AvgIpc) is 3.30. The van der Waals surface area contributed by atoms with Crippen molar-refractivity contribution < 1.29 is 13.9 Å². The van der Waals surface area contributed by atoms with Crippen molar-refractivity contribution in [3.63, 3.8) is 0 Å². The minimum absolute atomic E-state index is 0.287. The second kappa shape index (κ2) is 6.72. The standard InChI is InChI=1S/C18H18FN5O2/c1-26-18(25)16-6-14-15(21-10-20-14)9-24(16)8-12-7-22-23-17(12)11-2-4-13(19)5-3-11/h2-5,7,10,16H,6,8-9H2,1H3,(H,20,21)(H,22,23). The Morgan fingerprint density at radius 3 is 2.96 bits per heavy atom. The molecule has 0 bridgehead atoms. The molecule has 1 aliphatic rings. The lowest BCUT2D eigenvalue weighted by molar-refractivity contribution is -0.148. The van der Waals surface area contributed by atoms with Crippen LogP contribution < -0.4 is 0 Å². The van der Waals surface area contributed by atoms with Gasteiger partial charge >= 0.3 is 5.97 Å². The van der Waals surface area contributed by atoms with E-state index in [1.807, 2.05) is 4.90 Å². The van der Waals surface area contributed by atoms with Crippen LogP contribution in [-0.2, 0) is 29.0 Å². The fourth-order valence-electron chi connectivity index (χ4n) is 3.34. The normalized spacial score (nSPS) is 17.1. The molecule has 0 fully saturated rings. The number of rotatable bonds is 4. The molecule has 1 unspecified atom stereocenters. The van der Waals surface area contributed by atoms with E-state index in [0.717, 1.165) is 28.2 Å². The molecule has 0 aliphatic carbocycles. The maximum atomic E-state index is 13.2. The third kappa shape index (κ3) is 2.99. The average molecular weight is 355 g/mol. The number of ether oxygens (including phenoxy) is 1. The van der Waals surface area contributed by atoms with E-state index >= 15 is 0 Å². The molecule has 1 atom stereocenters. The van der Waals surface area contributed by atoms with Crippen molar-refractivity contribution in [2.75, 3.05) is 7.11 Å². The van der Waals surface area contributed by atoms with Crippen molar-refractivity contribution in [2.24, 2.45) is 0 Å². The summed E-state index contributed by atoms with van der Waals surface area (Å²) in [6.45, 7) is 1.06. The molecule has 0 amide bonds. The quantitative estimate of drug-likeness (QED) is 0.700. The molecule has 4 rings (SSSR count). The number of hydrogen-bond donors (Lipinski definition) is 2. The SMILES string of the molecule is COC(=O)C1Cc2nc[nH]c2CN1Cc1cn[nH]c1-c1ccc(F)cc1. The summed E-state index contributed by atoms with van der Waals surface area (Å²) in [7, 11) is 1.39. The minimum atomic E-state index is -0.410. The summed E-state index contributed by atoms with van der Waals surface area (Å²) < 4.78 is 18.2. The molecule has 2 N–H and O–H groups in total. The number of benzene rings is 1. The molecule has 8 heteroatoms. The number of imidazole rings is 1. The van der Waals surface area contributed by atoms with Gasteiger partial charge in [-0.2, -0.15) is 5.10 Å². The molecule has 0 saturated carbocycles. The van der Waals surface area contributed by atoms with Crippen LogP contribution in [0.4, 0.5) is 4.39 Å². The first kappa shape index (κ1) is 16.5. The fourth-order valence-corrected chi connectivity index (χ4v) is 3.34. The first-order valence-electron chi connectivity index (χ1n) is 8.27. The van der Waals surface area contributed by atoms with Gasteiger partial charge in [0.2, 0.25) is 0 Å². The molecule has 7 nitrogen and oxygen atoms in total. The van der Waals surface area contributed by atoms with Gasteiger partial charge in [0.15, 0.2) is 0 Å². The van der Waals surface area contributed by atoms with Crippen molar-refractivity contribution in [1.29, 1.82) is 0 Å². The zero-order valence-corrected chi connectivity index (χ0v) is 14.2. The van der Waals surface area contributed by atoms with Crippen molar-refractivity contribution in [3.05, 3.63) is 59.6 Å². The number of H-pyrrole nitrogens is 2. The van der Waals surface area contributed by atoms with E-state index in [-0.39, 0.29) is 11.8 Å². The number of aromatic nitrogens is 4. The van der Waals surface area contributed by atoms with E-state index in [1.54, 1.807) is 24.7 Å². The summed E-state index contributed by atoms with van der Waals surface area (Å²) in [6, 6.07) is 5.82. The van der Waals surface area contributed by atoms with Crippen LogP contribution in [0.25, 0.3) is 11.3 Å². The lowest BCUT2D eigenvalue weighted by Crippen LogP contribution is -2.45. The second-order valence-corrected chi connectivity index (χ2v) is 6.25. The summed E-state index contributed by atoms with van der Waals surface area (Å²) in [6.07, 6.45) is 3.87. The third-order valence-corrected chi connectivity index (χ3v) is 4.69. The summed E-state index contributed by atoms with van der Waals surface area (Å²) in [5.41, 5.74) is 4.46. The Morgan fingerprint density at radius 2 is 2.19 bits per heavy atom.